The molecule has 0 spiro atoms. The fraction of sp³-hybridized carbons (Fsp3) is 0.471. The number of rotatable bonds is 5. The van der Waals surface area contributed by atoms with Gasteiger partial charge in [-0.05, 0) is 37.6 Å². The van der Waals surface area contributed by atoms with E-state index >= 15 is 0 Å². The van der Waals surface area contributed by atoms with Crippen molar-refractivity contribution in [3.05, 3.63) is 39.6 Å². The number of thiophene rings is 1. The molecule has 0 saturated carbocycles. The lowest BCUT2D eigenvalue weighted by atomic mass is 10.1. The monoisotopic (exact) mass is 347 g/mol. The van der Waals surface area contributed by atoms with Crippen molar-refractivity contribution in [2.45, 2.75) is 39.3 Å². The van der Waals surface area contributed by atoms with Gasteiger partial charge < -0.3 is 14.2 Å². The highest BCUT2D eigenvalue weighted by atomic mass is 32.1. The Morgan fingerprint density at radius 3 is 3.00 bits per heavy atom. The minimum atomic E-state index is -0.508. The van der Waals surface area contributed by atoms with E-state index in [-0.39, 0.29) is 12.5 Å². The second-order valence-electron chi connectivity index (χ2n) is 5.97. The number of imidazole rings is 1. The van der Waals surface area contributed by atoms with Crippen LogP contribution in [-0.2, 0) is 29.0 Å². The number of hydrogen-bond donors (Lipinski definition) is 0. The molecule has 1 amide bonds. The van der Waals surface area contributed by atoms with Crippen molar-refractivity contribution in [3.63, 3.8) is 0 Å². The first-order chi connectivity index (χ1) is 11.6. The smallest absolute Gasteiger partial charge is 0.359 e. The van der Waals surface area contributed by atoms with E-state index in [1.54, 1.807) is 23.3 Å². The molecule has 7 heteroatoms. The zero-order valence-corrected chi connectivity index (χ0v) is 14.8. The summed E-state index contributed by atoms with van der Waals surface area (Å²) in [5, 5.41) is 1.97. The first-order valence-corrected chi connectivity index (χ1v) is 8.93. The molecule has 2 aromatic rings. The molecule has 0 bridgehead atoms. The molecule has 3 heterocycles. The number of hydrogen-bond acceptors (Lipinski definition) is 5. The van der Waals surface area contributed by atoms with Gasteiger partial charge in [0.1, 0.15) is 5.82 Å². The van der Waals surface area contributed by atoms with Gasteiger partial charge in [0.15, 0.2) is 12.3 Å². The number of likely N-dealkylation sites (N-methyl/N-ethyl adjacent to an activating group) is 1. The SMILES string of the molecule is Cc1nc(C(=O)OCC(=O)N(C)Cc2cccs2)c2n1CCCC2. The van der Waals surface area contributed by atoms with Gasteiger partial charge in [0.2, 0.25) is 0 Å². The number of nitrogens with zero attached hydrogens (tertiary/aromatic N) is 3. The largest absolute Gasteiger partial charge is 0.451 e. The van der Waals surface area contributed by atoms with Crippen LogP contribution < -0.4 is 0 Å². The van der Waals surface area contributed by atoms with Gasteiger partial charge >= 0.3 is 5.97 Å². The first kappa shape index (κ1) is 16.7. The summed E-state index contributed by atoms with van der Waals surface area (Å²) in [5.74, 6) is 0.103. The quantitative estimate of drug-likeness (QED) is 0.779. The van der Waals surface area contributed by atoms with E-state index in [4.69, 9.17) is 4.74 Å². The van der Waals surface area contributed by atoms with Crippen molar-refractivity contribution in [1.82, 2.24) is 14.5 Å². The lowest BCUT2D eigenvalue weighted by Gasteiger charge is -2.17. The van der Waals surface area contributed by atoms with Crippen LogP contribution in [0.5, 0.6) is 0 Å². The summed E-state index contributed by atoms with van der Waals surface area (Å²) in [7, 11) is 1.71. The fourth-order valence-electron chi connectivity index (χ4n) is 2.92. The van der Waals surface area contributed by atoms with Crippen molar-refractivity contribution >= 4 is 23.2 Å². The highest BCUT2D eigenvalue weighted by Crippen LogP contribution is 2.21. The van der Waals surface area contributed by atoms with Crippen molar-refractivity contribution in [2.75, 3.05) is 13.7 Å². The minimum absolute atomic E-state index is 0.221. The molecule has 0 aromatic carbocycles. The molecule has 0 unspecified atom stereocenters. The van der Waals surface area contributed by atoms with Gasteiger partial charge in [-0.2, -0.15) is 0 Å². The number of amides is 1. The molecule has 0 radical (unpaired) electrons. The summed E-state index contributed by atoms with van der Waals surface area (Å²) >= 11 is 1.59. The van der Waals surface area contributed by atoms with E-state index in [9.17, 15) is 9.59 Å². The molecule has 128 valence electrons. The molecule has 0 saturated heterocycles. The Bertz CT molecular complexity index is 737. The van der Waals surface area contributed by atoms with E-state index in [1.165, 1.54) is 0 Å². The maximum absolute atomic E-state index is 12.3. The average Bonchev–Trinajstić information content (AvgIpc) is 3.21. The fourth-order valence-corrected chi connectivity index (χ4v) is 3.67. The molecule has 0 atom stereocenters. The molecule has 0 fully saturated rings. The van der Waals surface area contributed by atoms with Crippen LogP contribution in [0.2, 0.25) is 0 Å². The Hall–Kier alpha value is -2.15. The molecule has 3 rings (SSSR count). The van der Waals surface area contributed by atoms with Crippen molar-refractivity contribution in [2.24, 2.45) is 0 Å². The van der Waals surface area contributed by atoms with Gasteiger partial charge in [0, 0.05) is 18.5 Å². The second kappa shape index (κ2) is 7.17. The van der Waals surface area contributed by atoms with Crippen LogP contribution in [0.1, 0.15) is 39.7 Å². The van der Waals surface area contributed by atoms with Gasteiger partial charge in [0.05, 0.1) is 12.2 Å². The van der Waals surface area contributed by atoms with Gasteiger partial charge in [-0.3, -0.25) is 4.79 Å². The van der Waals surface area contributed by atoms with Crippen molar-refractivity contribution < 1.29 is 14.3 Å². The van der Waals surface area contributed by atoms with Crippen LogP contribution in [-0.4, -0.2) is 40.0 Å². The minimum Gasteiger partial charge on any atom is -0.451 e. The van der Waals surface area contributed by atoms with Gasteiger partial charge in [-0.15, -0.1) is 11.3 Å². The third kappa shape index (κ3) is 3.51. The Morgan fingerprint density at radius 2 is 2.25 bits per heavy atom. The molecule has 24 heavy (non-hydrogen) atoms. The van der Waals surface area contributed by atoms with Gasteiger partial charge in [0.25, 0.3) is 5.91 Å². The van der Waals surface area contributed by atoms with Gasteiger partial charge in [-0.25, -0.2) is 9.78 Å². The number of esters is 1. The summed E-state index contributed by atoms with van der Waals surface area (Å²) < 4.78 is 7.28. The van der Waals surface area contributed by atoms with Crippen LogP contribution >= 0.6 is 11.3 Å². The second-order valence-corrected chi connectivity index (χ2v) is 7.00. The van der Waals surface area contributed by atoms with Crippen molar-refractivity contribution in [3.8, 4) is 0 Å². The topological polar surface area (TPSA) is 64.4 Å². The van der Waals surface area contributed by atoms with E-state index in [1.807, 2.05) is 24.4 Å². The molecular weight excluding hydrogens is 326 g/mol. The third-order valence-corrected chi connectivity index (χ3v) is 5.09. The van der Waals surface area contributed by atoms with Crippen LogP contribution in [0.15, 0.2) is 17.5 Å². The lowest BCUT2D eigenvalue weighted by Crippen LogP contribution is -2.30. The Balaban J connectivity index is 1.58. The number of carbonyl (C=O) groups excluding carboxylic acids is 2. The summed E-state index contributed by atoms with van der Waals surface area (Å²) in [6.07, 6.45) is 2.98. The lowest BCUT2D eigenvalue weighted by molar-refractivity contribution is -0.133. The Kier molecular flexibility index (Phi) is 4.99. The summed E-state index contributed by atoms with van der Waals surface area (Å²) in [6.45, 7) is 3.05. The standard InChI is InChI=1S/C17H21N3O3S/c1-12-18-16(14-7-3-4-8-20(12)14)17(22)23-11-15(21)19(2)10-13-6-5-9-24-13/h5-6,9H,3-4,7-8,10-11H2,1-2H3. The van der Waals surface area contributed by atoms with E-state index in [0.29, 0.717) is 12.2 Å². The molecule has 2 aromatic heterocycles. The molecular formula is C17H21N3O3S. The highest BCUT2D eigenvalue weighted by molar-refractivity contribution is 7.09. The predicted molar refractivity (Wildman–Crippen MR) is 91.0 cm³/mol. The van der Waals surface area contributed by atoms with Crippen LogP contribution in [0.4, 0.5) is 0 Å². The van der Waals surface area contributed by atoms with Gasteiger partial charge in [-0.1, -0.05) is 6.07 Å². The highest BCUT2D eigenvalue weighted by Gasteiger charge is 2.24. The molecule has 1 aliphatic heterocycles. The van der Waals surface area contributed by atoms with E-state index < -0.39 is 5.97 Å². The normalized spacial score (nSPS) is 13.4. The zero-order chi connectivity index (χ0) is 17.1. The zero-order valence-electron chi connectivity index (χ0n) is 13.9. The first-order valence-electron chi connectivity index (χ1n) is 8.05. The van der Waals surface area contributed by atoms with E-state index in [2.05, 4.69) is 9.55 Å². The number of carbonyl (C=O) groups is 2. The molecule has 6 nitrogen and oxygen atoms in total. The van der Waals surface area contributed by atoms with Crippen LogP contribution in [0, 0.1) is 6.92 Å². The number of aromatic nitrogens is 2. The number of ether oxygens (including phenoxy) is 1. The molecule has 0 N–H and O–H groups in total. The number of fused-ring (bicyclic) bond motifs is 1. The van der Waals surface area contributed by atoms with Crippen molar-refractivity contribution in [1.29, 1.82) is 0 Å². The summed E-state index contributed by atoms with van der Waals surface area (Å²) in [6, 6.07) is 3.92. The third-order valence-electron chi connectivity index (χ3n) is 4.23. The van der Waals surface area contributed by atoms with E-state index in [0.717, 1.165) is 42.2 Å². The number of aryl methyl sites for hydroxylation is 1. The Labute approximate surface area is 145 Å². The van der Waals surface area contributed by atoms with Crippen LogP contribution in [0.25, 0.3) is 0 Å². The molecule has 0 aliphatic carbocycles. The average molecular weight is 347 g/mol. The van der Waals surface area contributed by atoms with Crippen LogP contribution in [0.3, 0.4) is 0 Å². The molecule has 1 aliphatic rings. The maximum Gasteiger partial charge on any atom is 0.359 e. The maximum atomic E-state index is 12.3. The Morgan fingerprint density at radius 1 is 1.42 bits per heavy atom. The summed E-state index contributed by atoms with van der Waals surface area (Å²) in [4.78, 5) is 31.4. The predicted octanol–water partition coefficient (Wildman–Crippen LogP) is 2.40. The summed E-state index contributed by atoms with van der Waals surface area (Å²) in [5.41, 5.74) is 1.30.